The van der Waals surface area contributed by atoms with Crippen molar-refractivity contribution in [2.24, 2.45) is 0 Å². The molecule has 1 rings (SSSR count). The fourth-order valence-corrected chi connectivity index (χ4v) is 1.17. The molecule has 0 aliphatic rings. The van der Waals surface area contributed by atoms with Crippen molar-refractivity contribution in [3.05, 3.63) is 29.8 Å². The molecule has 0 radical (unpaired) electrons. The summed E-state index contributed by atoms with van der Waals surface area (Å²) in [4.78, 5) is 11.3. The lowest BCUT2D eigenvalue weighted by atomic mass is 10.2. The van der Waals surface area contributed by atoms with Gasteiger partial charge >= 0.3 is 0 Å². The van der Waals surface area contributed by atoms with E-state index in [0.717, 1.165) is 5.75 Å². The van der Waals surface area contributed by atoms with Crippen LogP contribution in [0.1, 0.15) is 25.8 Å². The minimum Gasteiger partial charge on any atom is -0.483 e. The van der Waals surface area contributed by atoms with Gasteiger partial charge in [-0.05, 0) is 26.0 Å². The lowest BCUT2D eigenvalue weighted by Crippen LogP contribution is -2.22. The molecule has 0 bridgehead atoms. The Morgan fingerprint density at radius 1 is 1.36 bits per heavy atom. The zero-order chi connectivity index (χ0) is 10.6. The predicted octanol–water partition coefficient (Wildman–Crippen LogP) is 2.74. The van der Waals surface area contributed by atoms with Gasteiger partial charge in [0.1, 0.15) is 5.75 Å². The van der Waals surface area contributed by atoms with Crippen LogP contribution in [0.5, 0.6) is 5.75 Å². The molecule has 1 aromatic rings. The SMILES string of the molecule is CCC(=O)[C@@H](C)Oc1ccc(C)cc1. The number of carbonyl (C=O) groups is 1. The molecule has 14 heavy (non-hydrogen) atoms. The van der Waals surface area contributed by atoms with Crippen LogP contribution >= 0.6 is 0 Å². The van der Waals surface area contributed by atoms with E-state index in [0.29, 0.717) is 6.42 Å². The molecular weight excluding hydrogens is 176 g/mol. The van der Waals surface area contributed by atoms with E-state index in [2.05, 4.69) is 0 Å². The quantitative estimate of drug-likeness (QED) is 0.733. The molecule has 0 fully saturated rings. The van der Waals surface area contributed by atoms with Crippen molar-refractivity contribution >= 4 is 5.78 Å². The first-order chi connectivity index (χ1) is 6.63. The van der Waals surface area contributed by atoms with Crippen molar-refractivity contribution < 1.29 is 9.53 Å². The zero-order valence-corrected chi connectivity index (χ0v) is 8.91. The first-order valence-corrected chi connectivity index (χ1v) is 4.89. The summed E-state index contributed by atoms with van der Waals surface area (Å²) in [6.07, 6.45) is 0.176. The van der Waals surface area contributed by atoms with Crippen molar-refractivity contribution in [3.8, 4) is 5.75 Å². The Bertz CT molecular complexity index is 301. The molecule has 0 aromatic heterocycles. The van der Waals surface area contributed by atoms with Crippen molar-refractivity contribution in [1.82, 2.24) is 0 Å². The Labute approximate surface area is 84.9 Å². The normalized spacial score (nSPS) is 12.2. The van der Waals surface area contributed by atoms with E-state index in [-0.39, 0.29) is 11.9 Å². The van der Waals surface area contributed by atoms with Gasteiger partial charge in [-0.1, -0.05) is 24.6 Å². The van der Waals surface area contributed by atoms with Crippen LogP contribution in [0.4, 0.5) is 0 Å². The van der Waals surface area contributed by atoms with E-state index in [4.69, 9.17) is 4.74 Å². The minimum absolute atomic E-state index is 0.130. The lowest BCUT2D eigenvalue weighted by molar-refractivity contribution is -0.124. The Balaban J connectivity index is 2.60. The topological polar surface area (TPSA) is 26.3 Å². The molecular formula is C12H16O2. The molecule has 2 heteroatoms. The highest BCUT2D eigenvalue weighted by molar-refractivity contribution is 5.82. The van der Waals surface area contributed by atoms with Crippen LogP contribution < -0.4 is 4.74 Å². The van der Waals surface area contributed by atoms with Gasteiger partial charge in [-0.2, -0.15) is 0 Å². The number of ether oxygens (including phenoxy) is 1. The monoisotopic (exact) mass is 192 g/mol. The van der Waals surface area contributed by atoms with Crippen LogP contribution in [0.15, 0.2) is 24.3 Å². The van der Waals surface area contributed by atoms with Crippen LogP contribution in [-0.2, 0) is 4.79 Å². The predicted molar refractivity (Wildman–Crippen MR) is 56.6 cm³/mol. The second-order valence-electron chi connectivity index (χ2n) is 3.39. The van der Waals surface area contributed by atoms with Gasteiger partial charge in [0, 0.05) is 6.42 Å². The zero-order valence-electron chi connectivity index (χ0n) is 8.91. The number of hydrogen-bond donors (Lipinski definition) is 0. The van der Waals surface area contributed by atoms with Gasteiger partial charge < -0.3 is 4.74 Å². The average Bonchev–Trinajstić information content (AvgIpc) is 2.20. The first kappa shape index (κ1) is 10.8. The fourth-order valence-electron chi connectivity index (χ4n) is 1.17. The summed E-state index contributed by atoms with van der Waals surface area (Å²) < 4.78 is 5.47. The summed E-state index contributed by atoms with van der Waals surface area (Å²) in [5, 5.41) is 0. The third kappa shape index (κ3) is 2.87. The Morgan fingerprint density at radius 2 is 1.93 bits per heavy atom. The van der Waals surface area contributed by atoms with E-state index < -0.39 is 0 Å². The van der Waals surface area contributed by atoms with Gasteiger partial charge in [-0.15, -0.1) is 0 Å². The van der Waals surface area contributed by atoms with Gasteiger partial charge in [-0.25, -0.2) is 0 Å². The average molecular weight is 192 g/mol. The molecule has 0 aliphatic carbocycles. The van der Waals surface area contributed by atoms with Crippen molar-refractivity contribution in [3.63, 3.8) is 0 Å². The molecule has 2 nitrogen and oxygen atoms in total. The van der Waals surface area contributed by atoms with E-state index in [1.165, 1.54) is 5.56 Å². The molecule has 0 aliphatic heterocycles. The van der Waals surface area contributed by atoms with Crippen LogP contribution in [-0.4, -0.2) is 11.9 Å². The van der Waals surface area contributed by atoms with E-state index >= 15 is 0 Å². The number of hydrogen-bond acceptors (Lipinski definition) is 2. The third-order valence-corrected chi connectivity index (χ3v) is 2.14. The first-order valence-electron chi connectivity index (χ1n) is 4.89. The number of ketones is 1. The Morgan fingerprint density at radius 3 is 2.43 bits per heavy atom. The molecule has 0 saturated heterocycles. The molecule has 0 spiro atoms. The van der Waals surface area contributed by atoms with Gasteiger partial charge in [0.2, 0.25) is 0 Å². The lowest BCUT2D eigenvalue weighted by Gasteiger charge is -2.12. The summed E-state index contributed by atoms with van der Waals surface area (Å²) in [6.45, 7) is 5.65. The maximum Gasteiger partial charge on any atom is 0.172 e. The van der Waals surface area contributed by atoms with Crippen molar-refractivity contribution in [1.29, 1.82) is 0 Å². The molecule has 0 heterocycles. The van der Waals surface area contributed by atoms with Gasteiger partial charge in [0.15, 0.2) is 11.9 Å². The number of carbonyl (C=O) groups excluding carboxylic acids is 1. The largest absolute Gasteiger partial charge is 0.483 e. The molecule has 0 unspecified atom stereocenters. The number of rotatable bonds is 4. The third-order valence-electron chi connectivity index (χ3n) is 2.14. The summed E-state index contributed by atoms with van der Waals surface area (Å²) >= 11 is 0. The van der Waals surface area contributed by atoms with Crippen molar-refractivity contribution in [2.75, 3.05) is 0 Å². The maximum absolute atomic E-state index is 11.3. The Hall–Kier alpha value is -1.31. The van der Waals surface area contributed by atoms with Crippen LogP contribution in [0.2, 0.25) is 0 Å². The highest BCUT2D eigenvalue weighted by atomic mass is 16.5. The van der Waals surface area contributed by atoms with Crippen molar-refractivity contribution in [2.45, 2.75) is 33.3 Å². The summed E-state index contributed by atoms with van der Waals surface area (Å²) in [5.74, 6) is 0.885. The van der Waals surface area contributed by atoms with E-state index in [1.807, 2.05) is 38.1 Å². The van der Waals surface area contributed by atoms with Crippen LogP contribution in [0.25, 0.3) is 0 Å². The highest BCUT2D eigenvalue weighted by Crippen LogP contribution is 2.13. The number of aryl methyl sites for hydroxylation is 1. The highest BCUT2D eigenvalue weighted by Gasteiger charge is 2.11. The van der Waals surface area contributed by atoms with Gasteiger partial charge in [0.05, 0.1) is 0 Å². The van der Waals surface area contributed by atoms with Gasteiger partial charge in [0.25, 0.3) is 0 Å². The fraction of sp³-hybridized carbons (Fsp3) is 0.417. The van der Waals surface area contributed by atoms with Crippen LogP contribution in [0, 0.1) is 6.92 Å². The molecule has 1 aromatic carbocycles. The van der Waals surface area contributed by atoms with Crippen LogP contribution in [0.3, 0.4) is 0 Å². The minimum atomic E-state index is -0.345. The summed E-state index contributed by atoms with van der Waals surface area (Å²) in [7, 11) is 0. The maximum atomic E-state index is 11.3. The number of benzene rings is 1. The molecule has 0 saturated carbocycles. The molecule has 0 N–H and O–H groups in total. The second kappa shape index (κ2) is 4.80. The molecule has 76 valence electrons. The van der Waals surface area contributed by atoms with E-state index in [9.17, 15) is 4.79 Å². The Kier molecular flexibility index (Phi) is 3.69. The molecule has 1 atom stereocenters. The number of Topliss-reactive ketones (excluding diaryl/α,β-unsaturated/α-hetero) is 1. The summed E-state index contributed by atoms with van der Waals surface area (Å²) in [5.41, 5.74) is 1.19. The second-order valence-corrected chi connectivity index (χ2v) is 3.39. The smallest absolute Gasteiger partial charge is 0.172 e. The molecule has 0 amide bonds. The van der Waals surface area contributed by atoms with Gasteiger partial charge in [-0.3, -0.25) is 4.79 Å². The van der Waals surface area contributed by atoms with E-state index in [1.54, 1.807) is 6.92 Å². The summed E-state index contributed by atoms with van der Waals surface area (Å²) in [6, 6.07) is 7.71. The standard InChI is InChI=1S/C12H16O2/c1-4-12(13)10(3)14-11-7-5-9(2)6-8-11/h5-8,10H,4H2,1-3H3/t10-/m1/s1.